The second-order valence-corrected chi connectivity index (χ2v) is 5.43. The molecule has 100 valence electrons. The van der Waals surface area contributed by atoms with Crippen LogP contribution < -0.4 is 10.2 Å². The Balaban J connectivity index is 2.00. The number of ether oxygens (including phenoxy) is 1. The summed E-state index contributed by atoms with van der Waals surface area (Å²) < 4.78 is 5.38. The van der Waals surface area contributed by atoms with Crippen molar-refractivity contribution in [3.8, 4) is 0 Å². The number of anilines is 2. The molecule has 1 aliphatic rings. The highest BCUT2D eigenvalue weighted by atomic mass is 35.5. The van der Waals surface area contributed by atoms with E-state index < -0.39 is 0 Å². The van der Waals surface area contributed by atoms with Gasteiger partial charge in [0.05, 0.1) is 11.4 Å². The van der Waals surface area contributed by atoms with E-state index in [1.165, 1.54) is 5.69 Å². The first-order valence-corrected chi connectivity index (χ1v) is 6.83. The summed E-state index contributed by atoms with van der Waals surface area (Å²) in [6, 6.07) is 5.97. The summed E-state index contributed by atoms with van der Waals surface area (Å²) in [7, 11) is 4.09. The molecule has 3 nitrogen and oxygen atoms in total. The van der Waals surface area contributed by atoms with Crippen LogP contribution in [0.15, 0.2) is 18.2 Å². The van der Waals surface area contributed by atoms with E-state index in [2.05, 4.69) is 16.3 Å². The van der Waals surface area contributed by atoms with Gasteiger partial charge in [0.1, 0.15) is 0 Å². The maximum atomic E-state index is 6.06. The predicted molar refractivity (Wildman–Crippen MR) is 77.8 cm³/mol. The molecule has 0 radical (unpaired) electrons. The first kappa shape index (κ1) is 13.5. The molecule has 0 amide bonds. The molecule has 0 unspecified atom stereocenters. The molecule has 1 N–H and O–H groups in total. The zero-order chi connectivity index (χ0) is 13.0. The molecule has 0 atom stereocenters. The Labute approximate surface area is 114 Å². The van der Waals surface area contributed by atoms with Crippen molar-refractivity contribution in [3.63, 3.8) is 0 Å². The normalized spacial score (nSPS) is 16.6. The van der Waals surface area contributed by atoms with Gasteiger partial charge in [-0.1, -0.05) is 11.6 Å². The molecule has 18 heavy (non-hydrogen) atoms. The molecule has 2 rings (SSSR count). The lowest BCUT2D eigenvalue weighted by atomic mass is 10.0. The van der Waals surface area contributed by atoms with Gasteiger partial charge in [0.25, 0.3) is 0 Å². The molecule has 0 spiro atoms. The van der Waals surface area contributed by atoms with Gasteiger partial charge in [-0.3, -0.25) is 0 Å². The maximum Gasteiger partial charge on any atom is 0.0597 e. The Morgan fingerprint density at radius 3 is 2.72 bits per heavy atom. The van der Waals surface area contributed by atoms with Crippen LogP contribution in [-0.2, 0) is 4.74 Å². The van der Waals surface area contributed by atoms with Crippen molar-refractivity contribution in [3.05, 3.63) is 23.2 Å². The Morgan fingerprint density at radius 1 is 1.33 bits per heavy atom. The average molecular weight is 269 g/mol. The number of hydrogen-bond donors (Lipinski definition) is 1. The molecular weight excluding hydrogens is 248 g/mol. The third-order valence-corrected chi connectivity index (χ3v) is 3.60. The summed E-state index contributed by atoms with van der Waals surface area (Å²) in [5.41, 5.74) is 2.28. The molecule has 1 aromatic carbocycles. The first-order valence-electron chi connectivity index (χ1n) is 6.45. The van der Waals surface area contributed by atoms with Crippen LogP contribution >= 0.6 is 11.6 Å². The van der Waals surface area contributed by atoms with E-state index in [9.17, 15) is 0 Å². The monoisotopic (exact) mass is 268 g/mol. The van der Waals surface area contributed by atoms with Crippen LogP contribution in [0.25, 0.3) is 0 Å². The predicted octanol–water partition coefficient (Wildman–Crippen LogP) is 3.24. The number of benzene rings is 1. The van der Waals surface area contributed by atoms with Gasteiger partial charge in [0, 0.05) is 38.9 Å². The molecule has 1 heterocycles. The lowest BCUT2D eigenvalue weighted by Crippen LogP contribution is -2.23. The molecule has 1 aliphatic heterocycles. The van der Waals surface area contributed by atoms with Crippen molar-refractivity contribution >= 4 is 23.0 Å². The fourth-order valence-electron chi connectivity index (χ4n) is 2.24. The van der Waals surface area contributed by atoms with Crippen LogP contribution in [0, 0.1) is 5.92 Å². The van der Waals surface area contributed by atoms with Gasteiger partial charge in [0.2, 0.25) is 0 Å². The summed E-state index contributed by atoms with van der Waals surface area (Å²) in [5.74, 6) is 0.702. The number of nitrogens with one attached hydrogen (secondary N) is 1. The molecule has 1 fully saturated rings. The van der Waals surface area contributed by atoms with Gasteiger partial charge >= 0.3 is 0 Å². The summed E-state index contributed by atoms with van der Waals surface area (Å²) in [4.78, 5) is 2.10. The van der Waals surface area contributed by atoms with Crippen molar-refractivity contribution < 1.29 is 4.74 Å². The average Bonchev–Trinajstić information content (AvgIpc) is 2.37. The lowest BCUT2D eigenvalue weighted by Gasteiger charge is -2.24. The Hall–Kier alpha value is -0.930. The summed E-state index contributed by atoms with van der Waals surface area (Å²) >= 11 is 6.06. The van der Waals surface area contributed by atoms with E-state index in [-0.39, 0.29) is 0 Å². The zero-order valence-electron chi connectivity index (χ0n) is 11.1. The Bertz CT molecular complexity index is 389. The van der Waals surface area contributed by atoms with Crippen LogP contribution in [0.5, 0.6) is 0 Å². The van der Waals surface area contributed by atoms with E-state index in [4.69, 9.17) is 16.3 Å². The molecule has 4 heteroatoms. The van der Waals surface area contributed by atoms with Gasteiger partial charge in [-0.2, -0.15) is 0 Å². The summed E-state index contributed by atoms with van der Waals surface area (Å²) in [5, 5.41) is 4.30. The SMILES string of the molecule is CN(C)c1ccc(Cl)cc1NCC1CCOCC1. The molecule has 0 bridgehead atoms. The standard InChI is InChI=1S/C14H21ClN2O/c1-17(2)14-4-3-12(15)9-13(14)16-10-11-5-7-18-8-6-11/h3-4,9,11,16H,5-8,10H2,1-2H3. The lowest BCUT2D eigenvalue weighted by molar-refractivity contribution is 0.0699. The molecule has 0 aromatic heterocycles. The van der Waals surface area contributed by atoms with Crippen molar-refractivity contribution in [1.82, 2.24) is 0 Å². The fraction of sp³-hybridized carbons (Fsp3) is 0.571. The third-order valence-electron chi connectivity index (χ3n) is 3.36. The summed E-state index contributed by atoms with van der Waals surface area (Å²) in [6.45, 7) is 2.77. The van der Waals surface area contributed by atoms with E-state index in [0.717, 1.165) is 43.3 Å². The van der Waals surface area contributed by atoms with Gasteiger partial charge in [0.15, 0.2) is 0 Å². The van der Waals surface area contributed by atoms with E-state index >= 15 is 0 Å². The number of halogens is 1. The number of rotatable bonds is 4. The molecule has 0 saturated carbocycles. The minimum Gasteiger partial charge on any atom is -0.383 e. The second-order valence-electron chi connectivity index (χ2n) is 4.99. The van der Waals surface area contributed by atoms with Gasteiger partial charge in [-0.25, -0.2) is 0 Å². The van der Waals surface area contributed by atoms with Gasteiger partial charge < -0.3 is 15.0 Å². The zero-order valence-corrected chi connectivity index (χ0v) is 11.8. The van der Waals surface area contributed by atoms with Crippen molar-refractivity contribution in [2.24, 2.45) is 5.92 Å². The molecular formula is C14H21ClN2O. The summed E-state index contributed by atoms with van der Waals surface area (Å²) in [6.07, 6.45) is 2.29. The van der Waals surface area contributed by atoms with Crippen molar-refractivity contribution in [2.75, 3.05) is 44.1 Å². The van der Waals surface area contributed by atoms with Crippen LogP contribution in [0.2, 0.25) is 5.02 Å². The first-order chi connectivity index (χ1) is 8.66. The van der Waals surface area contributed by atoms with Crippen molar-refractivity contribution in [2.45, 2.75) is 12.8 Å². The van der Waals surface area contributed by atoms with E-state index in [0.29, 0.717) is 5.92 Å². The van der Waals surface area contributed by atoms with Crippen LogP contribution in [-0.4, -0.2) is 33.9 Å². The Kier molecular flexibility index (Phi) is 4.72. The quantitative estimate of drug-likeness (QED) is 0.907. The highest BCUT2D eigenvalue weighted by molar-refractivity contribution is 6.31. The number of hydrogen-bond acceptors (Lipinski definition) is 3. The third kappa shape index (κ3) is 3.53. The molecule has 0 aliphatic carbocycles. The highest BCUT2D eigenvalue weighted by Crippen LogP contribution is 2.28. The van der Waals surface area contributed by atoms with Gasteiger partial charge in [-0.15, -0.1) is 0 Å². The molecule has 1 saturated heterocycles. The molecule has 1 aromatic rings. The van der Waals surface area contributed by atoms with E-state index in [1.807, 2.05) is 26.2 Å². The van der Waals surface area contributed by atoms with Crippen molar-refractivity contribution in [1.29, 1.82) is 0 Å². The maximum absolute atomic E-state index is 6.06. The van der Waals surface area contributed by atoms with Crippen LogP contribution in [0.3, 0.4) is 0 Å². The fourth-order valence-corrected chi connectivity index (χ4v) is 2.42. The second kappa shape index (κ2) is 6.30. The Morgan fingerprint density at radius 2 is 2.06 bits per heavy atom. The smallest absolute Gasteiger partial charge is 0.0597 e. The van der Waals surface area contributed by atoms with Crippen LogP contribution in [0.4, 0.5) is 11.4 Å². The largest absolute Gasteiger partial charge is 0.383 e. The van der Waals surface area contributed by atoms with Crippen LogP contribution in [0.1, 0.15) is 12.8 Å². The minimum atomic E-state index is 0.702. The minimum absolute atomic E-state index is 0.702. The highest BCUT2D eigenvalue weighted by Gasteiger charge is 2.14. The number of nitrogens with zero attached hydrogens (tertiary/aromatic N) is 1. The van der Waals surface area contributed by atoms with Gasteiger partial charge in [-0.05, 0) is 37.0 Å². The van der Waals surface area contributed by atoms with E-state index in [1.54, 1.807) is 0 Å². The topological polar surface area (TPSA) is 24.5 Å².